The van der Waals surface area contributed by atoms with Gasteiger partial charge in [0.15, 0.2) is 5.16 Å². The van der Waals surface area contributed by atoms with Crippen LogP contribution >= 0.6 is 23.1 Å². The van der Waals surface area contributed by atoms with Gasteiger partial charge in [-0.15, -0.1) is 11.3 Å². The Bertz CT molecular complexity index is 1270. The summed E-state index contributed by atoms with van der Waals surface area (Å²) < 4.78 is 7.14. The second-order valence-corrected chi connectivity index (χ2v) is 11.3. The summed E-state index contributed by atoms with van der Waals surface area (Å²) in [5, 5.41) is 1.01. The van der Waals surface area contributed by atoms with Gasteiger partial charge in [0.1, 0.15) is 4.83 Å². The normalized spacial score (nSPS) is 17.2. The zero-order valence-corrected chi connectivity index (χ0v) is 21.0. The number of rotatable bonds is 4. The van der Waals surface area contributed by atoms with Crippen molar-refractivity contribution in [2.45, 2.75) is 56.9 Å². The Kier molecular flexibility index (Phi) is 6.33. The van der Waals surface area contributed by atoms with Gasteiger partial charge in [0.25, 0.3) is 5.56 Å². The van der Waals surface area contributed by atoms with Crippen LogP contribution in [0.2, 0.25) is 0 Å². The van der Waals surface area contributed by atoms with E-state index >= 15 is 0 Å². The number of fused-ring (bicyclic) bond motifs is 3. The Labute approximate surface area is 202 Å². The Balaban J connectivity index is 1.63. The minimum Gasteiger partial charge on any atom is -0.378 e. The van der Waals surface area contributed by atoms with Crippen LogP contribution in [0, 0.1) is 13.8 Å². The highest BCUT2D eigenvalue weighted by Gasteiger charge is 2.28. The van der Waals surface area contributed by atoms with Crippen molar-refractivity contribution in [2.75, 3.05) is 26.3 Å². The molecule has 1 amide bonds. The SMILES string of the molecule is Cc1ccc(-n2c(SC(C)C(=O)N3CCOCC3)nc3sc4c(c3c2=O)CCCC4)c(C)c1. The lowest BCUT2D eigenvalue weighted by atomic mass is 9.97. The molecule has 1 fully saturated rings. The molecule has 174 valence electrons. The van der Waals surface area contributed by atoms with E-state index in [2.05, 4.69) is 13.0 Å². The highest BCUT2D eigenvalue weighted by Crippen LogP contribution is 2.36. The van der Waals surface area contributed by atoms with Gasteiger partial charge in [-0.3, -0.25) is 14.2 Å². The zero-order chi connectivity index (χ0) is 23.1. The number of benzene rings is 1. The van der Waals surface area contributed by atoms with Gasteiger partial charge < -0.3 is 9.64 Å². The van der Waals surface area contributed by atoms with Crippen molar-refractivity contribution in [2.24, 2.45) is 0 Å². The minimum absolute atomic E-state index is 0.0140. The van der Waals surface area contributed by atoms with E-state index in [4.69, 9.17) is 9.72 Å². The fourth-order valence-electron chi connectivity index (χ4n) is 4.78. The number of carbonyl (C=O) groups is 1. The summed E-state index contributed by atoms with van der Waals surface area (Å²) in [4.78, 5) is 36.0. The summed E-state index contributed by atoms with van der Waals surface area (Å²) >= 11 is 3.03. The molecule has 1 aliphatic carbocycles. The Morgan fingerprint density at radius 3 is 2.70 bits per heavy atom. The minimum atomic E-state index is -0.348. The molecule has 0 spiro atoms. The fraction of sp³-hybridized carbons (Fsp3) is 0.480. The highest BCUT2D eigenvalue weighted by molar-refractivity contribution is 8.00. The molecular weight excluding hydrogens is 454 g/mol. The number of aromatic nitrogens is 2. The van der Waals surface area contributed by atoms with Crippen molar-refractivity contribution >= 4 is 39.2 Å². The molecule has 6 nitrogen and oxygen atoms in total. The molecule has 0 bridgehead atoms. The number of hydrogen-bond acceptors (Lipinski definition) is 6. The lowest BCUT2D eigenvalue weighted by Crippen LogP contribution is -2.44. The number of amides is 1. The molecular formula is C25H29N3O3S2. The Hall–Kier alpha value is -2.16. The zero-order valence-electron chi connectivity index (χ0n) is 19.3. The molecule has 5 rings (SSSR count). The van der Waals surface area contributed by atoms with E-state index < -0.39 is 0 Å². The average molecular weight is 484 g/mol. The molecule has 0 saturated carbocycles. The van der Waals surface area contributed by atoms with Crippen LogP contribution in [-0.4, -0.2) is 51.9 Å². The van der Waals surface area contributed by atoms with E-state index in [9.17, 15) is 9.59 Å². The van der Waals surface area contributed by atoms with Crippen LogP contribution in [0.3, 0.4) is 0 Å². The van der Waals surface area contributed by atoms with E-state index in [0.717, 1.165) is 52.7 Å². The predicted molar refractivity (Wildman–Crippen MR) is 134 cm³/mol. The summed E-state index contributed by atoms with van der Waals surface area (Å²) in [7, 11) is 0. The van der Waals surface area contributed by atoms with E-state index in [0.29, 0.717) is 31.5 Å². The Morgan fingerprint density at radius 2 is 1.94 bits per heavy atom. The van der Waals surface area contributed by atoms with Crippen LogP contribution in [0.5, 0.6) is 0 Å². The average Bonchev–Trinajstić information content (AvgIpc) is 3.19. The molecule has 2 aromatic heterocycles. The van der Waals surface area contributed by atoms with Crippen molar-refractivity contribution < 1.29 is 9.53 Å². The highest BCUT2D eigenvalue weighted by atomic mass is 32.2. The molecule has 8 heteroatoms. The first kappa shape index (κ1) is 22.6. The van der Waals surface area contributed by atoms with Crippen LogP contribution in [0.25, 0.3) is 15.9 Å². The summed E-state index contributed by atoms with van der Waals surface area (Å²) in [6.07, 6.45) is 4.24. The summed E-state index contributed by atoms with van der Waals surface area (Å²) in [6.45, 7) is 8.34. The summed E-state index contributed by atoms with van der Waals surface area (Å²) in [5.41, 5.74) is 4.18. The van der Waals surface area contributed by atoms with Crippen LogP contribution in [-0.2, 0) is 22.4 Å². The van der Waals surface area contributed by atoms with E-state index in [-0.39, 0.29) is 16.7 Å². The molecule has 3 heterocycles. The van der Waals surface area contributed by atoms with E-state index in [1.165, 1.54) is 22.2 Å². The number of thioether (sulfide) groups is 1. The maximum Gasteiger partial charge on any atom is 0.267 e. The molecule has 1 aliphatic heterocycles. The van der Waals surface area contributed by atoms with Crippen molar-refractivity contribution in [1.29, 1.82) is 0 Å². The van der Waals surface area contributed by atoms with E-state index in [1.807, 2.05) is 30.9 Å². The molecule has 0 radical (unpaired) electrons. The molecule has 3 aromatic rings. The van der Waals surface area contributed by atoms with Gasteiger partial charge in [-0.05, 0) is 63.6 Å². The molecule has 1 unspecified atom stereocenters. The van der Waals surface area contributed by atoms with Crippen molar-refractivity contribution in [3.63, 3.8) is 0 Å². The summed E-state index contributed by atoms with van der Waals surface area (Å²) in [6, 6.07) is 6.11. The monoisotopic (exact) mass is 483 g/mol. The van der Waals surface area contributed by atoms with Crippen LogP contribution < -0.4 is 5.56 Å². The summed E-state index contributed by atoms with van der Waals surface area (Å²) in [5.74, 6) is 0.0651. The van der Waals surface area contributed by atoms with Gasteiger partial charge in [0.05, 0.1) is 29.5 Å². The number of ether oxygens (including phenoxy) is 1. The lowest BCUT2D eigenvalue weighted by molar-refractivity contribution is -0.134. The first-order valence-corrected chi connectivity index (χ1v) is 13.3. The predicted octanol–water partition coefficient (Wildman–Crippen LogP) is 4.28. The lowest BCUT2D eigenvalue weighted by Gasteiger charge is -2.29. The number of carbonyl (C=O) groups excluding carboxylic acids is 1. The number of hydrogen-bond donors (Lipinski definition) is 0. The topological polar surface area (TPSA) is 64.4 Å². The molecule has 0 N–H and O–H groups in total. The fourth-order valence-corrected chi connectivity index (χ4v) is 7.09. The molecule has 1 aromatic carbocycles. The van der Waals surface area contributed by atoms with Crippen molar-refractivity contribution in [3.05, 3.63) is 50.1 Å². The molecule has 2 aliphatic rings. The maximum absolute atomic E-state index is 14.0. The molecule has 1 saturated heterocycles. The third-order valence-electron chi connectivity index (χ3n) is 6.50. The largest absolute Gasteiger partial charge is 0.378 e. The van der Waals surface area contributed by atoms with E-state index in [1.54, 1.807) is 15.9 Å². The van der Waals surface area contributed by atoms with Crippen LogP contribution in [0.15, 0.2) is 28.2 Å². The maximum atomic E-state index is 14.0. The van der Waals surface area contributed by atoms with Crippen molar-refractivity contribution in [3.8, 4) is 5.69 Å². The number of thiophene rings is 1. The number of aryl methyl sites for hydroxylation is 4. The van der Waals surface area contributed by atoms with Crippen LogP contribution in [0.1, 0.15) is 41.3 Å². The number of nitrogens with zero attached hydrogens (tertiary/aromatic N) is 3. The first-order chi connectivity index (χ1) is 15.9. The van der Waals surface area contributed by atoms with Gasteiger partial charge in [-0.2, -0.15) is 0 Å². The van der Waals surface area contributed by atoms with Gasteiger partial charge in [-0.25, -0.2) is 4.98 Å². The van der Waals surface area contributed by atoms with Gasteiger partial charge in [0, 0.05) is 18.0 Å². The Morgan fingerprint density at radius 1 is 1.18 bits per heavy atom. The standard InChI is InChI=1S/C25H29N3O3S2/c1-15-8-9-19(16(2)14-15)28-24(30)21-18-6-4-5-7-20(18)33-22(21)26-25(28)32-17(3)23(29)27-10-12-31-13-11-27/h8-9,14,17H,4-7,10-13H2,1-3H3. The second kappa shape index (κ2) is 9.24. The quantitative estimate of drug-likeness (QED) is 0.409. The molecule has 1 atom stereocenters. The third kappa shape index (κ3) is 4.24. The molecule has 33 heavy (non-hydrogen) atoms. The van der Waals surface area contributed by atoms with Crippen molar-refractivity contribution in [1.82, 2.24) is 14.5 Å². The smallest absolute Gasteiger partial charge is 0.267 e. The number of morpholine rings is 1. The van der Waals surface area contributed by atoms with Gasteiger partial charge in [-0.1, -0.05) is 29.5 Å². The van der Waals surface area contributed by atoms with Gasteiger partial charge >= 0.3 is 0 Å². The van der Waals surface area contributed by atoms with Crippen LogP contribution in [0.4, 0.5) is 0 Å². The third-order valence-corrected chi connectivity index (χ3v) is 8.73. The first-order valence-electron chi connectivity index (χ1n) is 11.6. The van der Waals surface area contributed by atoms with Gasteiger partial charge in [0.2, 0.25) is 5.91 Å². The second-order valence-electron chi connectivity index (χ2n) is 8.91.